The Hall–Kier alpha value is -0.370. The van der Waals surface area contributed by atoms with E-state index in [9.17, 15) is 9.90 Å². The van der Waals surface area contributed by atoms with Crippen molar-refractivity contribution < 1.29 is 9.90 Å². The summed E-state index contributed by atoms with van der Waals surface area (Å²) in [6.45, 7) is 7.58. The molecule has 82 valence electrons. The SMILES string of the molecule is CC1CC(C)CC(C(=O)C(C)(C)O)C1. The molecule has 2 heteroatoms. The monoisotopic (exact) mass is 198 g/mol. The van der Waals surface area contributed by atoms with Crippen LogP contribution in [-0.4, -0.2) is 16.5 Å². The number of rotatable bonds is 2. The van der Waals surface area contributed by atoms with E-state index in [4.69, 9.17) is 0 Å². The van der Waals surface area contributed by atoms with Crippen LogP contribution in [0.5, 0.6) is 0 Å². The number of hydrogen-bond donors (Lipinski definition) is 1. The molecule has 1 fully saturated rings. The lowest BCUT2D eigenvalue weighted by Gasteiger charge is -2.33. The van der Waals surface area contributed by atoms with Crippen molar-refractivity contribution in [3.05, 3.63) is 0 Å². The standard InChI is InChI=1S/C12H22O2/c1-8-5-9(2)7-10(6-8)11(13)12(3,4)14/h8-10,14H,5-7H2,1-4H3. The Morgan fingerprint density at radius 2 is 1.57 bits per heavy atom. The van der Waals surface area contributed by atoms with Gasteiger partial charge in [0.2, 0.25) is 0 Å². The summed E-state index contributed by atoms with van der Waals surface area (Å²) in [5.74, 6) is 1.34. The average Bonchev–Trinajstić information content (AvgIpc) is 1.99. The molecule has 1 N–H and O–H groups in total. The fourth-order valence-electron chi connectivity index (χ4n) is 2.66. The predicted octanol–water partition coefficient (Wildman–Crippen LogP) is 2.40. The maximum atomic E-state index is 11.9. The Balaban J connectivity index is 2.64. The molecule has 2 unspecified atom stereocenters. The van der Waals surface area contributed by atoms with Gasteiger partial charge in [0.15, 0.2) is 5.78 Å². The van der Waals surface area contributed by atoms with Crippen LogP contribution in [-0.2, 0) is 4.79 Å². The Morgan fingerprint density at radius 3 is 1.93 bits per heavy atom. The first kappa shape index (κ1) is 11.7. The van der Waals surface area contributed by atoms with Gasteiger partial charge in [0.25, 0.3) is 0 Å². The lowest BCUT2D eigenvalue weighted by Crippen LogP contribution is -2.39. The Morgan fingerprint density at radius 1 is 1.14 bits per heavy atom. The van der Waals surface area contributed by atoms with Crippen molar-refractivity contribution in [1.82, 2.24) is 0 Å². The van der Waals surface area contributed by atoms with Gasteiger partial charge in [-0.05, 0) is 44.9 Å². The van der Waals surface area contributed by atoms with Crippen molar-refractivity contribution in [1.29, 1.82) is 0 Å². The van der Waals surface area contributed by atoms with E-state index in [1.165, 1.54) is 6.42 Å². The highest BCUT2D eigenvalue weighted by Gasteiger charge is 2.35. The van der Waals surface area contributed by atoms with Crippen molar-refractivity contribution >= 4 is 5.78 Å². The molecule has 14 heavy (non-hydrogen) atoms. The molecule has 0 aromatic heterocycles. The first-order valence-electron chi connectivity index (χ1n) is 5.57. The third-order valence-corrected chi connectivity index (χ3v) is 3.15. The molecule has 1 rings (SSSR count). The maximum Gasteiger partial charge on any atom is 0.166 e. The highest BCUT2D eigenvalue weighted by molar-refractivity contribution is 5.88. The number of carbonyl (C=O) groups is 1. The summed E-state index contributed by atoms with van der Waals surface area (Å²) in [6, 6.07) is 0. The summed E-state index contributed by atoms with van der Waals surface area (Å²) in [5.41, 5.74) is -1.15. The minimum absolute atomic E-state index is 0.0240. The summed E-state index contributed by atoms with van der Waals surface area (Å²) in [6.07, 6.45) is 3.12. The van der Waals surface area contributed by atoms with Crippen LogP contribution >= 0.6 is 0 Å². The molecule has 2 atom stereocenters. The first-order valence-corrected chi connectivity index (χ1v) is 5.57. The van der Waals surface area contributed by atoms with Crippen molar-refractivity contribution in [2.45, 2.75) is 52.6 Å². The van der Waals surface area contributed by atoms with Gasteiger partial charge in [-0.1, -0.05) is 13.8 Å². The van der Waals surface area contributed by atoms with Crippen LogP contribution in [0.25, 0.3) is 0 Å². The van der Waals surface area contributed by atoms with Gasteiger partial charge in [0.05, 0.1) is 0 Å². The first-order chi connectivity index (χ1) is 6.30. The largest absolute Gasteiger partial charge is 0.383 e. The zero-order valence-electron chi connectivity index (χ0n) is 9.71. The second kappa shape index (κ2) is 4.01. The van der Waals surface area contributed by atoms with Gasteiger partial charge in [0.1, 0.15) is 5.60 Å². The highest BCUT2D eigenvalue weighted by Crippen LogP contribution is 2.35. The zero-order valence-corrected chi connectivity index (χ0v) is 9.71. The van der Waals surface area contributed by atoms with E-state index in [-0.39, 0.29) is 11.7 Å². The number of ketones is 1. The van der Waals surface area contributed by atoms with Crippen LogP contribution in [0, 0.1) is 17.8 Å². The van der Waals surface area contributed by atoms with Crippen LogP contribution in [0.3, 0.4) is 0 Å². The van der Waals surface area contributed by atoms with Crippen molar-refractivity contribution in [2.24, 2.45) is 17.8 Å². The molecule has 0 amide bonds. The maximum absolute atomic E-state index is 11.9. The summed E-state index contributed by atoms with van der Waals surface area (Å²) in [7, 11) is 0. The van der Waals surface area contributed by atoms with Crippen LogP contribution < -0.4 is 0 Å². The summed E-state index contributed by atoms with van der Waals surface area (Å²) < 4.78 is 0. The van der Waals surface area contributed by atoms with Gasteiger partial charge in [-0.2, -0.15) is 0 Å². The third kappa shape index (κ3) is 2.81. The Kier molecular flexibility index (Phi) is 3.36. The molecule has 0 heterocycles. The quantitative estimate of drug-likeness (QED) is 0.739. The van der Waals surface area contributed by atoms with E-state index in [1.807, 2.05) is 0 Å². The van der Waals surface area contributed by atoms with E-state index in [2.05, 4.69) is 13.8 Å². The normalized spacial score (nSPS) is 34.2. The third-order valence-electron chi connectivity index (χ3n) is 3.15. The number of carbonyl (C=O) groups excluding carboxylic acids is 1. The van der Waals surface area contributed by atoms with E-state index in [0.717, 1.165) is 12.8 Å². The molecule has 0 spiro atoms. The van der Waals surface area contributed by atoms with Crippen molar-refractivity contribution in [3.8, 4) is 0 Å². The highest BCUT2D eigenvalue weighted by atomic mass is 16.3. The fraction of sp³-hybridized carbons (Fsp3) is 0.917. The molecule has 0 aliphatic heterocycles. The molecule has 1 aliphatic carbocycles. The molecular weight excluding hydrogens is 176 g/mol. The lowest BCUT2D eigenvalue weighted by molar-refractivity contribution is -0.140. The van der Waals surface area contributed by atoms with Crippen LogP contribution in [0.2, 0.25) is 0 Å². The number of aliphatic hydroxyl groups is 1. The fourth-order valence-corrected chi connectivity index (χ4v) is 2.66. The van der Waals surface area contributed by atoms with Crippen LogP contribution in [0.15, 0.2) is 0 Å². The number of hydrogen-bond acceptors (Lipinski definition) is 2. The van der Waals surface area contributed by atoms with E-state index in [0.29, 0.717) is 11.8 Å². The zero-order chi connectivity index (χ0) is 10.9. The van der Waals surface area contributed by atoms with Crippen LogP contribution in [0.1, 0.15) is 47.0 Å². The van der Waals surface area contributed by atoms with E-state index >= 15 is 0 Å². The lowest BCUT2D eigenvalue weighted by atomic mass is 9.72. The van der Waals surface area contributed by atoms with Crippen LogP contribution in [0.4, 0.5) is 0 Å². The Bertz CT molecular complexity index is 205. The molecular formula is C12H22O2. The molecule has 1 saturated carbocycles. The molecule has 0 bridgehead atoms. The van der Waals surface area contributed by atoms with Crippen molar-refractivity contribution in [3.63, 3.8) is 0 Å². The smallest absolute Gasteiger partial charge is 0.166 e. The minimum Gasteiger partial charge on any atom is -0.383 e. The molecule has 2 nitrogen and oxygen atoms in total. The molecule has 0 aromatic carbocycles. The second-order valence-electron chi connectivity index (χ2n) is 5.54. The summed E-state index contributed by atoms with van der Waals surface area (Å²) >= 11 is 0. The van der Waals surface area contributed by atoms with Crippen molar-refractivity contribution in [2.75, 3.05) is 0 Å². The Labute approximate surface area is 86.7 Å². The van der Waals surface area contributed by atoms with Gasteiger partial charge < -0.3 is 5.11 Å². The second-order valence-corrected chi connectivity index (χ2v) is 5.54. The van der Waals surface area contributed by atoms with Gasteiger partial charge >= 0.3 is 0 Å². The van der Waals surface area contributed by atoms with Gasteiger partial charge in [0, 0.05) is 5.92 Å². The van der Waals surface area contributed by atoms with Gasteiger partial charge in [-0.25, -0.2) is 0 Å². The van der Waals surface area contributed by atoms with E-state index in [1.54, 1.807) is 13.8 Å². The molecule has 0 radical (unpaired) electrons. The summed E-state index contributed by atoms with van der Waals surface area (Å²) in [4.78, 5) is 11.9. The molecule has 0 saturated heterocycles. The van der Waals surface area contributed by atoms with Gasteiger partial charge in [-0.3, -0.25) is 4.79 Å². The average molecular weight is 198 g/mol. The predicted molar refractivity (Wildman–Crippen MR) is 57.0 cm³/mol. The summed E-state index contributed by atoms with van der Waals surface area (Å²) in [5, 5.41) is 9.66. The van der Waals surface area contributed by atoms with Gasteiger partial charge in [-0.15, -0.1) is 0 Å². The molecule has 1 aliphatic rings. The topological polar surface area (TPSA) is 37.3 Å². The minimum atomic E-state index is -1.15. The number of Topliss-reactive ketones (excluding diaryl/α,β-unsaturated/α-hetero) is 1. The van der Waals surface area contributed by atoms with E-state index < -0.39 is 5.60 Å². The molecule has 0 aromatic rings.